The van der Waals surface area contributed by atoms with Crippen LogP contribution in [0.15, 0.2) is 12.1 Å². The molecule has 1 amide bonds. The van der Waals surface area contributed by atoms with Crippen LogP contribution in [0.4, 0.5) is 5.69 Å². The molecule has 4 nitrogen and oxygen atoms in total. The van der Waals surface area contributed by atoms with E-state index < -0.39 is 5.97 Å². The number of nitrogens with one attached hydrogen (secondary N) is 1. The molecule has 0 aromatic heterocycles. The van der Waals surface area contributed by atoms with Gasteiger partial charge in [0, 0.05) is 6.42 Å². The molecule has 0 atom stereocenters. The van der Waals surface area contributed by atoms with Crippen LogP contribution in [0.2, 0.25) is 0 Å². The fraction of sp³-hybridized carbons (Fsp3) is 0.429. The molecule has 2 N–H and O–H groups in total. The number of rotatable bonds is 5. The number of aromatic carboxylic acids is 1. The van der Waals surface area contributed by atoms with Crippen LogP contribution in [-0.4, -0.2) is 17.0 Å². The first-order valence-electron chi connectivity index (χ1n) is 6.10. The van der Waals surface area contributed by atoms with Gasteiger partial charge in [-0.05, 0) is 37.5 Å². The van der Waals surface area contributed by atoms with E-state index in [0.29, 0.717) is 12.1 Å². The summed E-state index contributed by atoms with van der Waals surface area (Å²) in [4.78, 5) is 22.8. The molecule has 0 saturated carbocycles. The summed E-state index contributed by atoms with van der Waals surface area (Å²) in [6.45, 7) is 5.64. The van der Waals surface area contributed by atoms with Gasteiger partial charge in [0.2, 0.25) is 5.91 Å². The molecule has 0 radical (unpaired) electrons. The number of carbonyl (C=O) groups excluding carboxylic acids is 1. The first kappa shape index (κ1) is 14.2. The Kier molecular flexibility index (Phi) is 4.89. The van der Waals surface area contributed by atoms with Crippen molar-refractivity contribution in [2.24, 2.45) is 0 Å². The van der Waals surface area contributed by atoms with Gasteiger partial charge in [0.15, 0.2) is 0 Å². The lowest BCUT2D eigenvalue weighted by Crippen LogP contribution is -2.15. The van der Waals surface area contributed by atoms with Crippen LogP contribution in [0, 0.1) is 13.8 Å². The number of carboxylic acid groups (broad SMARTS) is 1. The lowest BCUT2D eigenvalue weighted by Gasteiger charge is -2.12. The van der Waals surface area contributed by atoms with E-state index in [0.717, 1.165) is 24.0 Å². The van der Waals surface area contributed by atoms with Gasteiger partial charge in [-0.15, -0.1) is 0 Å². The first-order valence-corrected chi connectivity index (χ1v) is 6.10. The Labute approximate surface area is 107 Å². The number of carboxylic acids is 1. The van der Waals surface area contributed by atoms with E-state index in [9.17, 15) is 9.59 Å². The van der Waals surface area contributed by atoms with Crippen molar-refractivity contribution in [3.05, 3.63) is 28.8 Å². The number of hydrogen-bond donors (Lipinski definition) is 2. The molecular weight excluding hydrogens is 230 g/mol. The highest BCUT2D eigenvalue weighted by atomic mass is 16.4. The van der Waals surface area contributed by atoms with Gasteiger partial charge in [-0.25, -0.2) is 4.79 Å². The van der Waals surface area contributed by atoms with E-state index in [-0.39, 0.29) is 11.5 Å². The number of benzene rings is 1. The highest BCUT2D eigenvalue weighted by Crippen LogP contribution is 2.23. The molecular formula is C14H19NO3. The predicted octanol–water partition coefficient (Wildman–Crippen LogP) is 3.13. The minimum Gasteiger partial charge on any atom is -0.478 e. The summed E-state index contributed by atoms with van der Waals surface area (Å²) in [5.74, 6) is -1.15. The molecule has 0 fully saturated rings. The van der Waals surface area contributed by atoms with Crippen molar-refractivity contribution in [3.63, 3.8) is 0 Å². The Morgan fingerprint density at radius 2 is 1.94 bits per heavy atom. The van der Waals surface area contributed by atoms with Gasteiger partial charge in [-0.2, -0.15) is 0 Å². The van der Waals surface area contributed by atoms with Crippen molar-refractivity contribution >= 4 is 17.6 Å². The van der Waals surface area contributed by atoms with E-state index in [1.807, 2.05) is 19.9 Å². The van der Waals surface area contributed by atoms with Crippen molar-refractivity contribution in [1.82, 2.24) is 0 Å². The van der Waals surface area contributed by atoms with Crippen LogP contribution >= 0.6 is 0 Å². The third-order valence-electron chi connectivity index (χ3n) is 2.73. The molecule has 0 aliphatic rings. The molecule has 0 unspecified atom stereocenters. The number of anilines is 1. The average Bonchev–Trinajstić information content (AvgIpc) is 2.29. The maximum Gasteiger partial charge on any atom is 0.337 e. The summed E-state index contributed by atoms with van der Waals surface area (Å²) in [5, 5.41) is 11.9. The van der Waals surface area contributed by atoms with Gasteiger partial charge in [0.1, 0.15) is 0 Å². The molecule has 0 aliphatic carbocycles. The van der Waals surface area contributed by atoms with Crippen LogP contribution in [-0.2, 0) is 4.79 Å². The Balaban J connectivity index is 3.00. The van der Waals surface area contributed by atoms with Crippen LogP contribution in [0.25, 0.3) is 0 Å². The predicted molar refractivity (Wildman–Crippen MR) is 71.0 cm³/mol. The molecule has 1 aromatic rings. The standard InChI is InChI=1S/C14H19NO3/c1-4-5-6-12(16)15-13-10(3)7-9(2)8-11(13)14(17)18/h7-8H,4-6H2,1-3H3,(H,15,16)(H,17,18). The Morgan fingerprint density at radius 3 is 2.50 bits per heavy atom. The first-order chi connectivity index (χ1) is 8.45. The van der Waals surface area contributed by atoms with Crippen molar-refractivity contribution in [2.75, 3.05) is 5.32 Å². The fourth-order valence-corrected chi connectivity index (χ4v) is 1.84. The molecule has 0 bridgehead atoms. The summed E-state index contributed by atoms with van der Waals surface area (Å²) in [5.41, 5.74) is 2.21. The van der Waals surface area contributed by atoms with Crippen molar-refractivity contribution in [1.29, 1.82) is 0 Å². The second kappa shape index (κ2) is 6.19. The fourth-order valence-electron chi connectivity index (χ4n) is 1.84. The lowest BCUT2D eigenvalue weighted by atomic mass is 10.0. The summed E-state index contributed by atoms with van der Waals surface area (Å²) in [6, 6.07) is 3.44. The highest BCUT2D eigenvalue weighted by Gasteiger charge is 2.15. The van der Waals surface area contributed by atoms with Crippen LogP contribution < -0.4 is 5.32 Å². The summed E-state index contributed by atoms with van der Waals surface area (Å²) < 4.78 is 0. The Hall–Kier alpha value is -1.84. The topological polar surface area (TPSA) is 66.4 Å². The third-order valence-corrected chi connectivity index (χ3v) is 2.73. The molecule has 0 spiro atoms. The number of carbonyl (C=O) groups is 2. The molecule has 98 valence electrons. The number of hydrogen-bond acceptors (Lipinski definition) is 2. The molecule has 0 saturated heterocycles. The Bertz CT molecular complexity index is 466. The second-order valence-corrected chi connectivity index (χ2v) is 4.46. The van der Waals surface area contributed by atoms with Crippen molar-refractivity contribution in [2.45, 2.75) is 40.0 Å². The molecule has 18 heavy (non-hydrogen) atoms. The molecule has 4 heteroatoms. The lowest BCUT2D eigenvalue weighted by molar-refractivity contribution is -0.116. The molecule has 1 rings (SSSR count). The average molecular weight is 249 g/mol. The maximum atomic E-state index is 11.7. The quantitative estimate of drug-likeness (QED) is 0.842. The highest BCUT2D eigenvalue weighted by molar-refractivity contribution is 6.01. The number of amides is 1. The van der Waals surface area contributed by atoms with E-state index in [2.05, 4.69) is 5.32 Å². The van der Waals surface area contributed by atoms with E-state index in [4.69, 9.17) is 5.11 Å². The largest absolute Gasteiger partial charge is 0.478 e. The summed E-state index contributed by atoms with van der Waals surface area (Å²) in [6.07, 6.45) is 2.16. The molecule has 0 aliphatic heterocycles. The zero-order chi connectivity index (χ0) is 13.7. The third kappa shape index (κ3) is 3.58. The SMILES string of the molecule is CCCCC(=O)Nc1c(C)cc(C)cc1C(=O)O. The number of aryl methyl sites for hydroxylation is 2. The van der Waals surface area contributed by atoms with Crippen molar-refractivity contribution < 1.29 is 14.7 Å². The van der Waals surface area contributed by atoms with Crippen LogP contribution in [0.5, 0.6) is 0 Å². The zero-order valence-corrected chi connectivity index (χ0v) is 11.0. The van der Waals surface area contributed by atoms with Gasteiger partial charge in [-0.3, -0.25) is 4.79 Å². The van der Waals surface area contributed by atoms with Gasteiger partial charge in [0.05, 0.1) is 11.3 Å². The van der Waals surface area contributed by atoms with Crippen molar-refractivity contribution in [3.8, 4) is 0 Å². The van der Waals surface area contributed by atoms with E-state index >= 15 is 0 Å². The summed E-state index contributed by atoms with van der Waals surface area (Å²) in [7, 11) is 0. The minimum absolute atomic E-state index is 0.133. The van der Waals surface area contributed by atoms with Gasteiger partial charge < -0.3 is 10.4 Å². The van der Waals surface area contributed by atoms with E-state index in [1.54, 1.807) is 13.0 Å². The number of unbranched alkanes of at least 4 members (excludes halogenated alkanes) is 1. The maximum absolute atomic E-state index is 11.7. The normalized spacial score (nSPS) is 10.2. The van der Waals surface area contributed by atoms with Gasteiger partial charge in [-0.1, -0.05) is 19.4 Å². The van der Waals surface area contributed by atoms with E-state index in [1.165, 1.54) is 0 Å². The van der Waals surface area contributed by atoms with Crippen LogP contribution in [0.1, 0.15) is 47.7 Å². The summed E-state index contributed by atoms with van der Waals surface area (Å²) >= 11 is 0. The van der Waals surface area contributed by atoms with Gasteiger partial charge in [0.25, 0.3) is 0 Å². The van der Waals surface area contributed by atoms with Gasteiger partial charge >= 0.3 is 5.97 Å². The van der Waals surface area contributed by atoms with Crippen LogP contribution in [0.3, 0.4) is 0 Å². The molecule has 0 heterocycles. The Morgan fingerprint density at radius 1 is 1.28 bits per heavy atom. The second-order valence-electron chi connectivity index (χ2n) is 4.46. The monoisotopic (exact) mass is 249 g/mol. The smallest absolute Gasteiger partial charge is 0.337 e. The zero-order valence-electron chi connectivity index (χ0n) is 11.0. The molecule has 1 aromatic carbocycles. The minimum atomic E-state index is -1.02.